The van der Waals surface area contributed by atoms with Gasteiger partial charge in [-0.1, -0.05) is 6.07 Å². The summed E-state index contributed by atoms with van der Waals surface area (Å²) in [5.41, 5.74) is 0.744. The van der Waals surface area contributed by atoms with E-state index in [-0.39, 0.29) is 6.09 Å². The Morgan fingerprint density at radius 2 is 2.14 bits per heavy atom. The molecular weight excluding hydrogens is 268 g/mol. The molecule has 0 bridgehead atoms. The van der Waals surface area contributed by atoms with Crippen LogP contribution in [0.5, 0.6) is 0 Å². The molecule has 0 unspecified atom stereocenters. The fourth-order valence-corrected chi connectivity index (χ4v) is 1.52. The molecule has 0 radical (unpaired) electrons. The molecule has 6 heteroatoms. The summed E-state index contributed by atoms with van der Waals surface area (Å²) in [6.07, 6.45) is -0.362. The molecule has 1 heterocycles. The molecule has 0 saturated carbocycles. The van der Waals surface area contributed by atoms with Crippen molar-refractivity contribution in [1.82, 2.24) is 9.88 Å². The number of nitrogens with zero attached hydrogens (tertiary/aromatic N) is 3. The molecule has 0 spiro atoms. The lowest BCUT2D eigenvalue weighted by atomic mass is 10.2. The standard InChI is InChI=1S/C15H22N4O2/c1-11-6-7-13(18-12(11)10-16)17-8-9-19(5)14(20)21-15(2,3)4/h6-7H,8-9H2,1-5H3,(H,17,18). The van der Waals surface area contributed by atoms with Crippen LogP contribution in [-0.2, 0) is 4.74 Å². The van der Waals surface area contributed by atoms with Crippen LogP contribution in [0.2, 0.25) is 0 Å². The Bertz CT molecular complexity index is 544. The third-order valence-electron chi connectivity index (χ3n) is 2.66. The van der Waals surface area contributed by atoms with E-state index >= 15 is 0 Å². The minimum Gasteiger partial charge on any atom is -0.444 e. The predicted octanol–water partition coefficient (Wildman–Crippen LogP) is 2.54. The van der Waals surface area contributed by atoms with Gasteiger partial charge >= 0.3 is 6.09 Å². The second-order valence-electron chi connectivity index (χ2n) is 5.80. The SMILES string of the molecule is Cc1ccc(NCCN(C)C(=O)OC(C)(C)C)nc1C#N. The van der Waals surface area contributed by atoms with Gasteiger partial charge in [0.15, 0.2) is 0 Å². The zero-order chi connectivity index (χ0) is 16.0. The average Bonchev–Trinajstić information content (AvgIpc) is 2.38. The number of aromatic nitrogens is 1. The van der Waals surface area contributed by atoms with Gasteiger partial charge in [0.2, 0.25) is 0 Å². The molecule has 0 aliphatic heterocycles. The minimum absolute atomic E-state index is 0.362. The largest absolute Gasteiger partial charge is 0.444 e. The third-order valence-corrected chi connectivity index (χ3v) is 2.66. The molecule has 1 amide bonds. The molecule has 6 nitrogen and oxygen atoms in total. The molecule has 0 aliphatic carbocycles. The normalized spacial score (nSPS) is 10.7. The van der Waals surface area contributed by atoms with Crippen molar-refractivity contribution in [2.24, 2.45) is 0 Å². The molecule has 1 aromatic heterocycles. The fraction of sp³-hybridized carbons (Fsp3) is 0.533. The topological polar surface area (TPSA) is 78.2 Å². The maximum absolute atomic E-state index is 11.8. The highest BCUT2D eigenvalue weighted by atomic mass is 16.6. The van der Waals surface area contributed by atoms with Crippen molar-refractivity contribution in [2.75, 3.05) is 25.5 Å². The summed E-state index contributed by atoms with van der Waals surface area (Å²) >= 11 is 0. The highest BCUT2D eigenvalue weighted by Crippen LogP contribution is 2.10. The number of hydrogen-bond donors (Lipinski definition) is 1. The smallest absolute Gasteiger partial charge is 0.410 e. The highest BCUT2D eigenvalue weighted by Gasteiger charge is 2.19. The van der Waals surface area contributed by atoms with Gasteiger partial charge < -0.3 is 15.0 Å². The summed E-state index contributed by atoms with van der Waals surface area (Å²) in [4.78, 5) is 17.4. The summed E-state index contributed by atoms with van der Waals surface area (Å²) in [5, 5.41) is 12.0. The van der Waals surface area contributed by atoms with Gasteiger partial charge in [-0.05, 0) is 39.3 Å². The van der Waals surface area contributed by atoms with Crippen LogP contribution in [0, 0.1) is 18.3 Å². The van der Waals surface area contributed by atoms with Gasteiger partial charge in [0.05, 0.1) is 0 Å². The minimum atomic E-state index is -0.501. The number of hydrogen-bond acceptors (Lipinski definition) is 5. The van der Waals surface area contributed by atoms with Crippen LogP contribution in [0.15, 0.2) is 12.1 Å². The van der Waals surface area contributed by atoms with Crippen molar-refractivity contribution in [1.29, 1.82) is 5.26 Å². The maximum Gasteiger partial charge on any atom is 0.410 e. The van der Waals surface area contributed by atoms with E-state index in [9.17, 15) is 4.79 Å². The van der Waals surface area contributed by atoms with Crippen LogP contribution < -0.4 is 5.32 Å². The first-order valence-electron chi connectivity index (χ1n) is 6.78. The van der Waals surface area contributed by atoms with Gasteiger partial charge in [-0.3, -0.25) is 0 Å². The van der Waals surface area contributed by atoms with Crippen LogP contribution in [0.1, 0.15) is 32.0 Å². The second kappa shape index (κ2) is 6.93. The number of pyridine rings is 1. The van der Waals surface area contributed by atoms with Crippen LogP contribution in [0.3, 0.4) is 0 Å². The number of amides is 1. The van der Waals surface area contributed by atoms with Gasteiger partial charge in [0, 0.05) is 20.1 Å². The Morgan fingerprint density at radius 3 is 2.71 bits per heavy atom. The van der Waals surface area contributed by atoms with E-state index in [0.29, 0.717) is 24.6 Å². The zero-order valence-electron chi connectivity index (χ0n) is 13.2. The van der Waals surface area contributed by atoms with Crippen molar-refractivity contribution >= 4 is 11.9 Å². The van der Waals surface area contributed by atoms with E-state index in [4.69, 9.17) is 10.00 Å². The highest BCUT2D eigenvalue weighted by molar-refractivity contribution is 5.67. The lowest BCUT2D eigenvalue weighted by Crippen LogP contribution is -2.36. The Hall–Kier alpha value is -2.29. The van der Waals surface area contributed by atoms with E-state index in [1.807, 2.05) is 45.9 Å². The Morgan fingerprint density at radius 1 is 1.48 bits per heavy atom. The molecular formula is C15H22N4O2. The summed E-state index contributed by atoms with van der Waals surface area (Å²) in [5.74, 6) is 0.620. The Labute approximate surface area is 125 Å². The number of nitriles is 1. The molecule has 1 N–H and O–H groups in total. The van der Waals surface area contributed by atoms with Crippen LogP contribution >= 0.6 is 0 Å². The molecule has 0 aromatic carbocycles. The number of anilines is 1. The molecule has 114 valence electrons. The molecule has 21 heavy (non-hydrogen) atoms. The number of ether oxygens (including phenoxy) is 1. The van der Waals surface area contributed by atoms with E-state index in [2.05, 4.69) is 10.3 Å². The predicted molar refractivity (Wildman–Crippen MR) is 81.0 cm³/mol. The van der Waals surface area contributed by atoms with Crippen molar-refractivity contribution in [2.45, 2.75) is 33.3 Å². The van der Waals surface area contributed by atoms with E-state index < -0.39 is 5.60 Å². The first-order valence-corrected chi connectivity index (χ1v) is 6.78. The molecule has 1 rings (SSSR count). The number of likely N-dealkylation sites (N-methyl/N-ethyl adjacent to an activating group) is 1. The summed E-state index contributed by atoms with van der Waals surface area (Å²) in [6, 6.07) is 5.69. The van der Waals surface area contributed by atoms with Gasteiger partial charge in [0.1, 0.15) is 23.2 Å². The first-order chi connectivity index (χ1) is 9.73. The quantitative estimate of drug-likeness (QED) is 0.922. The number of rotatable bonds is 4. The van der Waals surface area contributed by atoms with Crippen molar-refractivity contribution in [3.8, 4) is 6.07 Å². The Kier molecular flexibility index (Phi) is 5.53. The zero-order valence-corrected chi connectivity index (χ0v) is 13.2. The van der Waals surface area contributed by atoms with Gasteiger partial charge in [-0.25, -0.2) is 9.78 Å². The molecule has 0 saturated heterocycles. The average molecular weight is 290 g/mol. The van der Waals surface area contributed by atoms with Crippen LogP contribution in [0.25, 0.3) is 0 Å². The number of carbonyl (C=O) groups is 1. The van der Waals surface area contributed by atoms with Crippen molar-refractivity contribution in [3.63, 3.8) is 0 Å². The number of carbonyl (C=O) groups excluding carboxylic acids is 1. The molecule has 0 fully saturated rings. The summed E-state index contributed by atoms with van der Waals surface area (Å²) in [7, 11) is 1.68. The fourth-order valence-electron chi connectivity index (χ4n) is 1.52. The number of aryl methyl sites for hydroxylation is 1. The molecule has 0 atom stereocenters. The number of nitrogens with one attached hydrogen (secondary N) is 1. The van der Waals surface area contributed by atoms with Gasteiger partial charge in [-0.2, -0.15) is 5.26 Å². The Balaban J connectivity index is 2.47. The van der Waals surface area contributed by atoms with Gasteiger partial charge in [-0.15, -0.1) is 0 Å². The molecule has 0 aliphatic rings. The lowest BCUT2D eigenvalue weighted by Gasteiger charge is -2.24. The monoisotopic (exact) mass is 290 g/mol. The van der Waals surface area contributed by atoms with Crippen molar-refractivity contribution < 1.29 is 9.53 Å². The van der Waals surface area contributed by atoms with E-state index in [1.165, 1.54) is 4.90 Å². The maximum atomic E-state index is 11.8. The van der Waals surface area contributed by atoms with Crippen LogP contribution in [-0.4, -0.2) is 41.7 Å². The van der Waals surface area contributed by atoms with Crippen molar-refractivity contribution in [3.05, 3.63) is 23.4 Å². The van der Waals surface area contributed by atoms with E-state index in [0.717, 1.165) is 5.56 Å². The first kappa shape index (κ1) is 16.8. The lowest BCUT2D eigenvalue weighted by molar-refractivity contribution is 0.0305. The summed E-state index contributed by atoms with van der Waals surface area (Å²) in [6.45, 7) is 8.33. The second-order valence-corrected chi connectivity index (χ2v) is 5.80. The van der Waals surface area contributed by atoms with Gasteiger partial charge in [0.25, 0.3) is 0 Å². The van der Waals surface area contributed by atoms with Crippen LogP contribution in [0.4, 0.5) is 10.6 Å². The van der Waals surface area contributed by atoms with E-state index in [1.54, 1.807) is 7.05 Å². The summed E-state index contributed by atoms with van der Waals surface area (Å²) < 4.78 is 5.26. The third kappa shape index (κ3) is 5.69. The molecule has 1 aromatic rings.